The van der Waals surface area contributed by atoms with E-state index in [1.165, 1.54) is 6.07 Å². The van der Waals surface area contributed by atoms with Gasteiger partial charge in [0.1, 0.15) is 23.5 Å². The minimum Gasteiger partial charge on any atom is -0.489 e. The fourth-order valence-electron chi connectivity index (χ4n) is 2.85. The molecule has 3 rings (SSSR count). The summed E-state index contributed by atoms with van der Waals surface area (Å²) < 4.78 is 16.1. The summed E-state index contributed by atoms with van der Waals surface area (Å²) in [5.41, 5.74) is 0.211. The van der Waals surface area contributed by atoms with Gasteiger partial charge in [-0.25, -0.2) is 15.4 Å². The molecule has 0 saturated carbocycles. The average molecular weight is 424 g/mol. The van der Waals surface area contributed by atoms with Gasteiger partial charge in [0.05, 0.1) is 6.42 Å². The Balaban J connectivity index is 1.78. The second kappa shape index (κ2) is 9.01. The SMILES string of the molecule is CC(C)(C)OC(=O)N(N)C(=O)Cc1cc(=O)oc2cc(OCc3ccccc3)ccc12. The normalized spacial score (nSPS) is 11.2. The Morgan fingerprint density at radius 1 is 1.06 bits per heavy atom. The molecule has 0 atom stereocenters. The highest BCUT2D eigenvalue weighted by Gasteiger charge is 2.25. The summed E-state index contributed by atoms with van der Waals surface area (Å²) in [6.45, 7) is 5.34. The smallest absolute Gasteiger partial charge is 0.431 e. The monoisotopic (exact) mass is 424 g/mol. The molecule has 0 bridgehead atoms. The molecule has 0 unspecified atom stereocenters. The van der Waals surface area contributed by atoms with Crippen LogP contribution in [0.15, 0.2) is 63.8 Å². The molecule has 8 nitrogen and oxygen atoms in total. The first-order valence-corrected chi connectivity index (χ1v) is 9.66. The van der Waals surface area contributed by atoms with Crippen LogP contribution in [0.5, 0.6) is 5.75 Å². The number of hydrogen-bond acceptors (Lipinski definition) is 7. The fourth-order valence-corrected chi connectivity index (χ4v) is 2.85. The topological polar surface area (TPSA) is 112 Å². The van der Waals surface area contributed by atoms with Crippen molar-refractivity contribution in [2.75, 3.05) is 0 Å². The van der Waals surface area contributed by atoms with Crippen molar-refractivity contribution >= 4 is 23.0 Å². The molecule has 0 aliphatic carbocycles. The number of hydrogen-bond donors (Lipinski definition) is 1. The standard InChI is InChI=1S/C23H24N2O6/c1-23(2,3)31-22(28)25(24)20(26)11-16-12-21(27)30-19-13-17(9-10-18(16)19)29-14-15-7-5-4-6-8-15/h4-10,12-13H,11,14,24H2,1-3H3. The number of carbonyl (C=O) groups is 2. The summed E-state index contributed by atoms with van der Waals surface area (Å²) in [5.74, 6) is 5.40. The van der Waals surface area contributed by atoms with Crippen LogP contribution in [0.2, 0.25) is 0 Å². The molecule has 2 aromatic carbocycles. The Morgan fingerprint density at radius 3 is 2.45 bits per heavy atom. The van der Waals surface area contributed by atoms with E-state index in [0.29, 0.717) is 28.3 Å². The molecule has 8 heteroatoms. The lowest BCUT2D eigenvalue weighted by Crippen LogP contribution is -2.46. The number of carbonyl (C=O) groups excluding carboxylic acids is 2. The first kappa shape index (κ1) is 22.0. The number of rotatable bonds is 5. The third-order valence-electron chi connectivity index (χ3n) is 4.25. The number of ether oxygens (including phenoxy) is 2. The van der Waals surface area contributed by atoms with E-state index in [4.69, 9.17) is 19.7 Å². The Kier molecular flexibility index (Phi) is 6.41. The first-order chi connectivity index (χ1) is 14.6. The lowest BCUT2D eigenvalue weighted by Gasteiger charge is -2.23. The Labute approximate surface area is 179 Å². The molecule has 31 heavy (non-hydrogen) atoms. The van der Waals surface area contributed by atoms with Gasteiger partial charge >= 0.3 is 11.7 Å². The van der Waals surface area contributed by atoms with Crippen LogP contribution in [0.3, 0.4) is 0 Å². The maximum atomic E-state index is 12.5. The van der Waals surface area contributed by atoms with Gasteiger partial charge in [0.15, 0.2) is 0 Å². The van der Waals surface area contributed by atoms with E-state index >= 15 is 0 Å². The van der Waals surface area contributed by atoms with Crippen LogP contribution in [-0.2, 0) is 22.6 Å². The van der Waals surface area contributed by atoms with Crippen LogP contribution >= 0.6 is 0 Å². The zero-order valence-corrected chi connectivity index (χ0v) is 17.6. The van der Waals surface area contributed by atoms with E-state index in [0.717, 1.165) is 5.56 Å². The molecule has 1 aromatic heterocycles. The fraction of sp³-hybridized carbons (Fsp3) is 0.261. The molecule has 0 saturated heterocycles. The van der Waals surface area contributed by atoms with Crippen molar-refractivity contribution in [3.05, 3.63) is 76.1 Å². The van der Waals surface area contributed by atoms with Crippen LogP contribution in [-0.4, -0.2) is 22.6 Å². The van der Waals surface area contributed by atoms with Crippen LogP contribution in [0.4, 0.5) is 4.79 Å². The molecule has 0 aliphatic heterocycles. The van der Waals surface area contributed by atoms with Crippen molar-refractivity contribution in [1.82, 2.24) is 5.01 Å². The van der Waals surface area contributed by atoms with E-state index in [2.05, 4.69) is 0 Å². The quantitative estimate of drug-likeness (QED) is 0.288. The Bertz CT molecular complexity index is 1150. The zero-order chi connectivity index (χ0) is 22.6. The van der Waals surface area contributed by atoms with Gasteiger partial charge in [-0.3, -0.25) is 4.79 Å². The van der Waals surface area contributed by atoms with Crippen molar-refractivity contribution < 1.29 is 23.5 Å². The van der Waals surface area contributed by atoms with Crippen LogP contribution in [0.25, 0.3) is 11.0 Å². The molecule has 0 radical (unpaired) electrons. The highest BCUT2D eigenvalue weighted by atomic mass is 16.6. The van der Waals surface area contributed by atoms with E-state index < -0.39 is 23.2 Å². The summed E-state index contributed by atoms with van der Waals surface area (Å²) in [4.78, 5) is 36.5. The van der Waals surface area contributed by atoms with E-state index in [1.807, 2.05) is 30.3 Å². The van der Waals surface area contributed by atoms with E-state index in [9.17, 15) is 14.4 Å². The van der Waals surface area contributed by atoms with E-state index in [-0.39, 0.29) is 12.0 Å². The molecule has 0 fully saturated rings. The van der Waals surface area contributed by atoms with Crippen molar-refractivity contribution in [2.24, 2.45) is 5.84 Å². The lowest BCUT2D eigenvalue weighted by atomic mass is 10.1. The van der Waals surface area contributed by atoms with E-state index in [1.54, 1.807) is 39.0 Å². The number of fused-ring (bicyclic) bond motifs is 1. The molecule has 2 amide bonds. The number of benzene rings is 2. The third kappa shape index (κ3) is 5.93. The average Bonchev–Trinajstić information content (AvgIpc) is 2.70. The number of imide groups is 1. The summed E-state index contributed by atoms with van der Waals surface area (Å²) in [6.07, 6.45) is -1.25. The first-order valence-electron chi connectivity index (χ1n) is 9.66. The van der Waals surface area contributed by atoms with Gasteiger partial charge in [0.2, 0.25) is 0 Å². The highest BCUT2D eigenvalue weighted by molar-refractivity contribution is 5.94. The summed E-state index contributed by atoms with van der Waals surface area (Å²) in [6, 6.07) is 15.8. The minimum absolute atomic E-state index is 0.265. The van der Waals surface area contributed by atoms with Crippen LogP contribution in [0, 0.1) is 0 Å². The molecule has 162 valence electrons. The maximum absolute atomic E-state index is 12.5. The predicted octanol–water partition coefficient (Wildman–Crippen LogP) is 3.55. The molecule has 0 aliphatic rings. The van der Waals surface area contributed by atoms with Gasteiger partial charge in [0.25, 0.3) is 5.91 Å². The molecule has 1 heterocycles. The second-order valence-corrected chi connectivity index (χ2v) is 7.94. The van der Waals surface area contributed by atoms with Crippen molar-refractivity contribution in [3.63, 3.8) is 0 Å². The van der Waals surface area contributed by atoms with Crippen LogP contribution in [0.1, 0.15) is 31.9 Å². The molecule has 3 aromatic rings. The largest absolute Gasteiger partial charge is 0.489 e. The highest BCUT2D eigenvalue weighted by Crippen LogP contribution is 2.24. The van der Waals surface area contributed by atoms with Gasteiger partial charge in [0, 0.05) is 17.5 Å². The summed E-state index contributed by atoms with van der Waals surface area (Å²) in [5, 5.41) is 0.945. The van der Waals surface area contributed by atoms with Gasteiger partial charge in [-0.15, -0.1) is 0 Å². The summed E-state index contributed by atoms with van der Waals surface area (Å²) >= 11 is 0. The third-order valence-corrected chi connectivity index (χ3v) is 4.25. The Hall–Kier alpha value is -3.65. The van der Waals surface area contributed by atoms with Crippen molar-refractivity contribution in [2.45, 2.75) is 39.4 Å². The number of hydrazine groups is 1. The second-order valence-electron chi connectivity index (χ2n) is 7.94. The van der Waals surface area contributed by atoms with Gasteiger partial charge < -0.3 is 13.9 Å². The molecular weight excluding hydrogens is 400 g/mol. The number of nitrogens with zero attached hydrogens (tertiary/aromatic N) is 1. The van der Waals surface area contributed by atoms with Crippen molar-refractivity contribution in [1.29, 1.82) is 0 Å². The lowest BCUT2D eigenvalue weighted by molar-refractivity contribution is -0.129. The van der Waals surface area contributed by atoms with Gasteiger partial charge in [-0.1, -0.05) is 30.3 Å². The van der Waals surface area contributed by atoms with Gasteiger partial charge in [-0.2, -0.15) is 5.01 Å². The van der Waals surface area contributed by atoms with Gasteiger partial charge in [-0.05, 0) is 44.0 Å². The maximum Gasteiger partial charge on any atom is 0.431 e. The number of amides is 2. The molecular formula is C23H24N2O6. The van der Waals surface area contributed by atoms with Crippen molar-refractivity contribution in [3.8, 4) is 5.75 Å². The number of nitrogens with two attached hydrogens (primary N) is 1. The zero-order valence-electron chi connectivity index (χ0n) is 17.6. The molecule has 2 N–H and O–H groups in total. The summed E-state index contributed by atoms with van der Waals surface area (Å²) in [7, 11) is 0. The predicted molar refractivity (Wildman–Crippen MR) is 114 cm³/mol. The minimum atomic E-state index is -0.971. The van der Waals surface area contributed by atoms with Crippen LogP contribution < -0.4 is 16.2 Å². The Morgan fingerprint density at radius 2 is 1.77 bits per heavy atom. The molecule has 0 spiro atoms.